The van der Waals surface area contributed by atoms with Gasteiger partial charge in [0, 0.05) is 12.4 Å². The highest BCUT2D eigenvalue weighted by atomic mass is 28.3. The third kappa shape index (κ3) is 1.79. The van der Waals surface area contributed by atoms with Crippen molar-refractivity contribution in [3.05, 3.63) is 84.2 Å². The van der Waals surface area contributed by atoms with Crippen LogP contribution in [0.4, 0.5) is 0 Å². The minimum atomic E-state index is -1.89. The lowest BCUT2D eigenvalue weighted by atomic mass is 10.1. The molecule has 2 aromatic carbocycles. The lowest BCUT2D eigenvalue weighted by molar-refractivity contribution is 1.15. The fraction of sp³-hybridized carbons (Fsp3) is 0.105. The monoisotopic (exact) mass is 287 g/mol. The van der Waals surface area contributed by atoms with Crippen LogP contribution in [-0.2, 0) is 6.42 Å². The Morgan fingerprint density at radius 3 is 2.38 bits per heavy atom. The van der Waals surface area contributed by atoms with Crippen LogP contribution in [0.5, 0.6) is 0 Å². The van der Waals surface area contributed by atoms with Crippen molar-refractivity contribution in [2.45, 2.75) is 13.0 Å². The summed E-state index contributed by atoms with van der Waals surface area (Å²) in [6.45, 7) is 2.47. The summed E-state index contributed by atoms with van der Waals surface area (Å²) in [6, 6.07) is 22.2. The van der Waals surface area contributed by atoms with Crippen LogP contribution in [0.2, 0.25) is 6.55 Å². The highest BCUT2D eigenvalue weighted by Gasteiger charge is 2.40. The van der Waals surface area contributed by atoms with E-state index in [9.17, 15) is 0 Å². The van der Waals surface area contributed by atoms with Crippen LogP contribution in [0.3, 0.4) is 0 Å². The molecule has 1 nitrogen and oxygen atoms in total. The van der Waals surface area contributed by atoms with Gasteiger partial charge in [-0.15, -0.1) is 0 Å². The predicted molar refractivity (Wildman–Crippen MR) is 90.4 cm³/mol. The van der Waals surface area contributed by atoms with Crippen LogP contribution < -0.4 is 15.6 Å². The van der Waals surface area contributed by atoms with Gasteiger partial charge in [0.25, 0.3) is 0 Å². The number of rotatable bonds is 1. The fourth-order valence-electron chi connectivity index (χ4n) is 3.65. The van der Waals surface area contributed by atoms with E-state index >= 15 is 0 Å². The molecule has 1 atom stereocenters. The maximum Gasteiger partial charge on any atom is 0.146 e. The number of hydrogen-bond acceptors (Lipinski definition) is 1. The van der Waals surface area contributed by atoms with E-state index in [2.05, 4.69) is 78.4 Å². The van der Waals surface area contributed by atoms with Crippen molar-refractivity contribution >= 4 is 23.6 Å². The molecule has 4 rings (SSSR count). The van der Waals surface area contributed by atoms with Gasteiger partial charge in [0.1, 0.15) is 8.07 Å². The average Bonchev–Trinajstić information content (AvgIpc) is 2.56. The molecule has 0 radical (unpaired) electrons. The lowest BCUT2D eigenvalue weighted by Gasteiger charge is -2.36. The molecule has 1 unspecified atom stereocenters. The van der Waals surface area contributed by atoms with E-state index in [0.29, 0.717) is 0 Å². The standard InChI is InChI=1S/C19H17NSi/c1-21(17-8-3-2-4-9-17)18-10-6-5-7-15(18)13-16-14-20-12-11-19(16)21/h2-12,14H,13H2,1H3. The summed E-state index contributed by atoms with van der Waals surface area (Å²) in [4.78, 5) is 4.35. The summed E-state index contributed by atoms with van der Waals surface area (Å²) in [7, 11) is -1.89. The van der Waals surface area contributed by atoms with E-state index < -0.39 is 8.07 Å². The molecule has 2 heterocycles. The third-order valence-corrected chi connectivity index (χ3v) is 9.35. The first-order chi connectivity index (χ1) is 10.3. The van der Waals surface area contributed by atoms with Gasteiger partial charge in [0.15, 0.2) is 0 Å². The van der Waals surface area contributed by atoms with Crippen molar-refractivity contribution in [3.63, 3.8) is 0 Å². The molecular weight excluding hydrogens is 270 g/mol. The van der Waals surface area contributed by atoms with Gasteiger partial charge in [-0.05, 0) is 39.2 Å². The van der Waals surface area contributed by atoms with Crippen molar-refractivity contribution in [1.82, 2.24) is 4.98 Å². The van der Waals surface area contributed by atoms with E-state index in [1.807, 2.05) is 6.20 Å². The smallest absolute Gasteiger partial charge is 0.146 e. The molecule has 1 aromatic heterocycles. The molecule has 1 aliphatic heterocycles. The van der Waals surface area contributed by atoms with Crippen LogP contribution in [0.15, 0.2) is 73.1 Å². The minimum Gasteiger partial charge on any atom is -0.264 e. The molecule has 0 bridgehead atoms. The predicted octanol–water partition coefficient (Wildman–Crippen LogP) is 2.09. The number of benzene rings is 2. The molecule has 21 heavy (non-hydrogen) atoms. The van der Waals surface area contributed by atoms with Gasteiger partial charge in [0.05, 0.1) is 0 Å². The Hall–Kier alpha value is -2.19. The van der Waals surface area contributed by atoms with E-state index in [1.165, 1.54) is 21.5 Å². The van der Waals surface area contributed by atoms with Gasteiger partial charge >= 0.3 is 0 Å². The van der Waals surface area contributed by atoms with Crippen LogP contribution in [0.1, 0.15) is 11.1 Å². The van der Waals surface area contributed by atoms with Crippen LogP contribution >= 0.6 is 0 Å². The topological polar surface area (TPSA) is 12.9 Å². The number of hydrogen-bond donors (Lipinski definition) is 0. The SMILES string of the molecule is C[Si]1(c2ccccc2)c2ccccc2Cc2cnccc21. The largest absolute Gasteiger partial charge is 0.264 e. The maximum atomic E-state index is 4.35. The molecule has 2 heteroatoms. The Labute approximate surface area is 126 Å². The number of pyridine rings is 1. The summed E-state index contributed by atoms with van der Waals surface area (Å²) < 4.78 is 0. The molecule has 1 aliphatic rings. The van der Waals surface area contributed by atoms with Crippen molar-refractivity contribution < 1.29 is 0 Å². The molecule has 0 amide bonds. The van der Waals surface area contributed by atoms with Crippen molar-refractivity contribution in [1.29, 1.82) is 0 Å². The Bertz CT molecular complexity index is 750. The second-order valence-corrected chi connectivity index (χ2v) is 9.76. The van der Waals surface area contributed by atoms with Gasteiger partial charge in [-0.2, -0.15) is 0 Å². The van der Waals surface area contributed by atoms with Gasteiger partial charge in [-0.3, -0.25) is 4.98 Å². The molecular formula is C19H17NSi. The molecule has 0 fully saturated rings. The Morgan fingerprint density at radius 1 is 0.810 bits per heavy atom. The molecule has 3 aromatic rings. The summed E-state index contributed by atoms with van der Waals surface area (Å²) >= 11 is 0. The first kappa shape index (κ1) is 12.5. The first-order valence-corrected chi connectivity index (χ1v) is 9.87. The van der Waals surface area contributed by atoms with Crippen molar-refractivity contribution in [2.75, 3.05) is 0 Å². The molecule has 102 valence electrons. The van der Waals surface area contributed by atoms with Crippen molar-refractivity contribution in [3.8, 4) is 0 Å². The zero-order chi connectivity index (χ0) is 14.3. The Kier molecular flexibility index (Phi) is 2.79. The summed E-state index contributed by atoms with van der Waals surface area (Å²) in [6.07, 6.45) is 5.01. The molecule has 0 saturated carbocycles. The maximum absolute atomic E-state index is 4.35. The average molecular weight is 287 g/mol. The Balaban J connectivity index is 2.06. The highest BCUT2D eigenvalue weighted by molar-refractivity contribution is 7.11. The zero-order valence-corrected chi connectivity index (χ0v) is 13.1. The van der Waals surface area contributed by atoms with Gasteiger partial charge < -0.3 is 0 Å². The quantitative estimate of drug-likeness (QED) is 0.625. The van der Waals surface area contributed by atoms with E-state index in [4.69, 9.17) is 0 Å². The van der Waals surface area contributed by atoms with Gasteiger partial charge in [-0.1, -0.05) is 61.1 Å². The lowest BCUT2D eigenvalue weighted by Crippen LogP contribution is -2.68. The fourth-order valence-corrected chi connectivity index (χ4v) is 7.87. The molecule has 0 aliphatic carbocycles. The number of fused-ring (bicyclic) bond motifs is 2. The molecule has 0 spiro atoms. The van der Waals surface area contributed by atoms with E-state index in [0.717, 1.165) is 6.42 Å². The van der Waals surface area contributed by atoms with Crippen LogP contribution in [0, 0.1) is 0 Å². The van der Waals surface area contributed by atoms with Gasteiger partial charge in [0.2, 0.25) is 0 Å². The summed E-state index contributed by atoms with van der Waals surface area (Å²) in [5.41, 5.74) is 2.87. The Morgan fingerprint density at radius 2 is 1.52 bits per heavy atom. The summed E-state index contributed by atoms with van der Waals surface area (Å²) in [5.74, 6) is 0. The molecule has 0 N–H and O–H groups in total. The number of aromatic nitrogens is 1. The van der Waals surface area contributed by atoms with Crippen LogP contribution in [-0.4, -0.2) is 13.1 Å². The zero-order valence-electron chi connectivity index (χ0n) is 12.1. The third-order valence-electron chi connectivity index (χ3n) is 4.73. The normalized spacial score (nSPS) is 19.7. The first-order valence-electron chi connectivity index (χ1n) is 7.37. The second kappa shape index (κ2) is 4.67. The second-order valence-electron chi connectivity index (χ2n) is 5.86. The van der Waals surface area contributed by atoms with Gasteiger partial charge in [-0.25, -0.2) is 0 Å². The molecule has 0 saturated heterocycles. The van der Waals surface area contributed by atoms with Crippen LogP contribution in [0.25, 0.3) is 0 Å². The minimum absolute atomic E-state index is 1.01. The van der Waals surface area contributed by atoms with E-state index in [-0.39, 0.29) is 0 Å². The summed E-state index contributed by atoms with van der Waals surface area (Å²) in [5, 5.41) is 4.54. The van der Waals surface area contributed by atoms with Crippen molar-refractivity contribution in [2.24, 2.45) is 0 Å². The van der Waals surface area contributed by atoms with E-state index in [1.54, 1.807) is 5.19 Å². The number of nitrogens with zero attached hydrogens (tertiary/aromatic N) is 1. The highest BCUT2D eigenvalue weighted by Crippen LogP contribution is 2.19.